The summed E-state index contributed by atoms with van der Waals surface area (Å²) in [4.78, 5) is 26.8. The van der Waals surface area contributed by atoms with Crippen molar-refractivity contribution in [3.8, 4) is 45.3 Å². The summed E-state index contributed by atoms with van der Waals surface area (Å²) in [6.07, 6.45) is 17.1. The number of hydrogen-bond acceptors (Lipinski definition) is 8. The SMILES string of the molecule is CCCCN1C=CN(CN2C=CN(CCCC)[CH-]2)[CH-]1.F[P-](F)(F)(F)(F)F.F[P-](F)(F)(F)(F)F.[Pt+4].[Pt+4].[c-]1ccccc1-c1cccc(-c2ccccn2)n1.[c-]1ccccc1-c1cccc(-c2ccccn2)n1. The third kappa shape index (κ3) is 29.9. The quantitative estimate of drug-likeness (QED) is 0.0682. The first-order valence-electron chi connectivity index (χ1n) is 21.0. The van der Waals surface area contributed by atoms with Crippen LogP contribution >= 0.6 is 15.6 Å². The van der Waals surface area contributed by atoms with Gasteiger partial charge in [-0.05, 0) is 98.5 Å². The van der Waals surface area contributed by atoms with Crippen molar-refractivity contribution < 1.29 is 92.5 Å². The Kier molecular flexibility index (Phi) is 22.5. The van der Waals surface area contributed by atoms with Crippen LogP contribution in [-0.4, -0.2) is 59.3 Å². The van der Waals surface area contributed by atoms with Gasteiger partial charge in [0.2, 0.25) is 0 Å². The molecule has 0 bridgehead atoms. The van der Waals surface area contributed by atoms with Gasteiger partial charge in [0.25, 0.3) is 0 Å². The zero-order chi connectivity index (χ0) is 50.7. The Labute approximate surface area is 433 Å². The van der Waals surface area contributed by atoms with Crippen LogP contribution in [0.4, 0.5) is 50.4 Å². The van der Waals surface area contributed by atoms with E-state index in [1.54, 1.807) is 12.4 Å². The summed E-state index contributed by atoms with van der Waals surface area (Å²) in [6, 6.07) is 45.6. The molecule has 0 unspecified atom stereocenters. The number of rotatable bonds is 12. The van der Waals surface area contributed by atoms with E-state index in [0.717, 1.165) is 65.0 Å². The summed E-state index contributed by atoms with van der Waals surface area (Å²) in [6.45, 7) is 12.0. The molecule has 2 aromatic carbocycles. The molecular formula is C47H48F12N8P2Pt2+2. The van der Waals surface area contributed by atoms with Gasteiger partial charge >= 0.3 is 108 Å². The van der Waals surface area contributed by atoms with Crippen molar-refractivity contribution in [1.82, 2.24) is 39.5 Å². The molecule has 4 aromatic heterocycles. The van der Waals surface area contributed by atoms with E-state index in [-0.39, 0.29) is 42.1 Å². The van der Waals surface area contributed by atoms with Gasteiger partial charge in [0.15, 0.2) is 0 Å². The number of nitrogens with zero attached hydrogens (tertiary/aromatic N) is 8. The molecule has 0 saturated heterocycles. The molecule has 8 nitrogen and oxygen atoms in total. The number of hydrogen-bond donors (Lipinski definition) is 0. The van der Waals surface area contributed by atoms with Crippen molar-refractivity contribution in [3.05, 3.63) is 184 Å². The van der Waals surface area contributed by atoms with Crippen molar-refractivity contribution in [1.29, 1.82) is 0 Å². The van der Waals surface area contributed by atoms with Crippen molar-refractivity contribution in [2.45, 2.75) is 39.5 Å². The van der Waals surface area contributed by atoms with E-state index in [9.17, 15) is 50.4 Å². The molecule has 8 rings (SSSR count). The van der Waals surface area contributed by atoms with Crippen molar-refractivity contribution >= 4 is 15.6 Å². The third-order valence-electron chi connectivity index (χ3n) is 8.68. The molecule has 0 aliphatic carbocycles. The van der Waals surface area contributed by atoms with E-state index in [1.165, 1.54) is 25.7 Å². The fourth-order valence-electron chi connectivity index (χ4n) is 5.77. The van der Waals surface area contributed by atoms with E-state index in [2.05, 4.69) is 104 Å². The maximum absolute atomic E-state index is 10.7. The molecule has 0 atom stereocenters. The molecule has 0 N–H and O–H groups in total. The summed E-state index contributed by atoms with van der Waals surface area (Å²) in [5, 5.41) is 0. The van der Waals surface area contributed by atoms with Gasteiger partial charge in [-0.25, -0.2) is 0 Å². The molecule has 2 aliphatic rings. The number of unbranched alkanes of at least 4 members (excludes halogenated alkanes) is 2. The standard InChI is InChI=1S/2C16H11N2.C15H26N4.2F6P.2Pt/c2*1-2-7-13(8-3-1)14-10-6-11-16(18-14)15-9-4-5-12-17-15;1-3-5-7-16-9-11-18(13-16)15-19-12-10-17(14-19)8-6-4-2;2*1-7(2,3,4,5)6;;/h2*1-7,9-12H;9-14H,3-8,15H2,1-2H3;;;;/q2*-1;-2;2*-1;2*+4. The number of pyridine rings is 4. The average molecular weight is 1410 g/mol. The van der Waals surface area contributed by atoms with Crippen LogP contribution in [0.2, 0.25) is 0 Å². The zero-order valence-electron chi connectivity index (χ0n) is 37.8. The van der Waals surface area contributed by atoms with Crippen LogP contribution < -0.4 is 0 Å². The predicted octanol–water partition coefficient (Wildman–Crippen LogP) is 16.9. The largest absolute Gasteiger partial charge is 4.00 e. The first-order chi connectivity index (χ1) is 32.1. The number of benzene rings is 2. The van der Waals surface area contributed by atoms with Crippen LogP contribution in [0.3, 0.4) is 0 Å². The Morgan fingerprint density at radius 1 is 0.423 bits per heavy atom. The molecule has 388 valence electrons. The molecule has 24 heteroatoms. The van der Waals surface area contributed by atoms with Gasteiger partial charge in [0.05, 0.1) is 22.8 Å². The first-order valence-corrected chi connectivity index (χ1v) is 25.1. The minimum atomic E-state index is -10.7. The molecule has 6 aromatic rings. The van der Waals surface area contributed by atoms with E-state index >= 15 is 0 Å². The monoisotopic (exact) mass is 1400 g/mol. The summed E-state index contributed by atoms with van der Waals surface area (Å²) in [5.74, 6) is 0. The van der Waals surface area contributed by atoms with Crippen LogP contribution in [0.25, 0.3) is 45.3 Å². The molecule has 0 fully saturated rings. The smallest absolute Gasteiger partial charge is 0.295 e. The van der Waals surface area contributed by atoms with Crippen molar-refractivity contribution in [2.75, 3.05) is 19.8 Å². The topological polar surface area (TPSA) is 64.5 Å². The van der Waals surface area contributed by atoms with Crippen LogP contribution in [0, 0.1) is 25.5 Å². The van der Waals surface area contributed by atoms with Crippen LogP contribution in [0.5, 0.6) is 0 Å². The van der Waals surface area contributed by atoms with Crippen molar-refractivity contribution in [3.63, 3.8) is 0 Å². The molecule has 71 heavy (non-hydrogen) atoms. The van der Waals surface area contributed by atoms with Gasteiger partial charge in [-0.15, -0.1) is 71.8 Å². The van der Waals surface area contributed by atoms with E-state index < -0.39 is 15.6 Å². The molecule has 0 amide bonds. The molecule has 6 heterocycles. The Morgan fingerprint density at radius 3 is 1.06 bits per heavy atom. The molecule has 0 saturated carbocycles. The first kappa shape index (κ1) is 62.2. The maximum atomic E-state index is 9.87. The fourth-order valence-corrected chi connectivity index (χ4v) is 5.77. The maximum Gasteiger partial charge on any atom is 4.00 e. The van der Waals surface area contributed by atoms with Gasteiger partial charge in [-0.1, -0.05) is 63.1 Å². The van der Waals surface area contributed by atoms with Gasteiger partial charge in [0, 0.05) is 19.1 Å². The van der Waals surface area contributed by atoms with Gasteiger partial charge in [-0.2, -0.15) is 13.3 Å². The van der Waals surface area contributed by atoms with Crippen LogP contribution in [0.1, 0.15) is 39.5 Å². The van der Waals surface area contributed by atoms with Gasteiger partial charge in [0.1, 0.15) is 0 Å². The second kappa shape index (κ2) is 25.7. The van der Waals surface area contributed by atoms with Crippen LogP contribution in [0.15, 0.2) is 159 Å². The zero-order valence-corrected chi connectivity index (χ0v) is 44.1. The van der Waals surface area contributed by atoms with E-state index in [1.807, 2.05) is 121 Å². The molecular weight excluding hydrogens is 1360 g/mol. The molecule has 2 aliphatic heterocycles. The Bertz CT molecular complexity index is 2230. The third-order valence-corrected chi connectivity index (χ3v) is 8.68. The number of halogens is 12. The Morgan fingerprint density at radius 2 is 0.746 bits per heavy atom. The Balaban J connectivity index is 0.000000318. The van der Waals surface area contributed by atoms with Crippen molar-refractivity contribution in [2.24, 2.45) is 0 Å². The molecule has 0 spiro atoms. The molecule has 0 radical (unpaired) electrons. The second-order valence-corrected chi connectivity index (χ2v) is 18.7. The summed E-state index contributed by atoms with van der Waals surface area (Å²) < 4.78 is 118. The average Bonchev–Trinajstić information content (AvgIpc) is 3.96. The Hall–Kier alpha value is -4.88. The summed E-state index contributed by atoms with van der Waals surface area (Å²) >= 11 is 0. The minimum Gasteiger partial charge on any atom is -0.295 e. The summed E-state index contributed by atoms with van der Waals surface area (Å²) in [5.41, 5.74) is 7.35. The minimum absolute atomic E-state index is 0. The fraction of sp³-hybridized carbons (Fsp3) is 0.191. The summed E-state index contributed by atoms with van der Waals surface area (Å²) in [7, 11) is -21.3. The van der Waals surface area contributed by atoms with Gasteiger partial charge < -0.3 is 19.6 Å². The van der Waals surface area contributed by atoms with Crippen LogP contribution in [-0.2, 0) is 42.1 Å². The van der Waals surface area contributed by atoms with E-state index in [4.69, 9.17) is 0 Å². The normalized spacial score (nSPS) is 14.6. The second-order valence-electron chi connectivity index (χ2n) is 14.9. The van der Waals surface area contributed by atoms with E-state index in [0.29, 0.717) is 0 Å². The predicted molar refractivity (Wildman–Crippen MR) is 249 cm³/mol. The number of aromatic nitrogens is 4. The van der Waals surface area contributed by atoms with Gasteiger partial charge in [-0.3, -0.25) is 19.9 Å².